The molecule has 0 radical (unpaired) electrons. The van der Waals surface area contributed by atoms with E-state index in [1.807, 2.05) is 30.3 Å². The van der Waals surface area contributed by atoms with Crippen LogP contribution in [0.25, 0.3) is 11.1 Å². The van der Waals surface area contributed by atoms with Crippen LogP contribution >= 0.6 is 0 Å². The third kappa shape index (κ3) is 3.87. The van der Waals surface area contributed by atoms with Crippen LogP contribution in [0.4, 0.5) is 0 Å². The van der Waals surface area contributed by atoms with Crippen LogP contribution in [-0.4, -0.2) is 20.9 Å². The van der Waals surface area contributed by atoms with Crippen LogP contribution in [0.3, 0.4) is 0 Å². The van der Waals surface area contributed by atoms with Gasteiger partial charge in [0.05, 0.1) is 0 Å². The molecule has 1 atom stereocenters. The molecular formula is C22H20N2O4S. The predicted molar refractivity (Wildman–Crippen MR) is 110 cm³/mol. The molecule has 0 aliphatic carbocycles. The Morgan fingerprint density at radius 2 is 1.72 bits per heavy atom. The minimum atomic E-state index is -4.06. The van der Waals surface area contributed by atoms with Gasteiger partial charge in [0.25, 0.3) is 0 Å². The molecule has 0 bridgehead atoms. The van der Waals surface area contributed by atoms with Gasteiger partial charge in [-0.25, -0.2) is 0 Å². The largest absolute Gasteiger partial charge is 0.379 e. The van der Waals surface area contributed by atoms with Gasteiger partial charge in [-0.3, -0.25) is 4.79 Å². The summed E-state index contributed by atoms with van der Waals surface area (Å²) in [5.41, 5.74) is 8.39. The van der Waals surface area contributed by atoms with E-state index in [4.69, 9.17) is 9.92 Å². The first-order valence-corrected chi connectivity index (χ1v) is 10.6. The van der Waals surface area contributed by atoms with Gasteiger partial charge in [-0.1, -0.05) is 54.6 Å². The lowest BCUT2D eigenvalue weighted by atomic mass is 9.94. The maximum absolute atomic E-state index is 13.0. The Morgan fingerprint density at radius 1 is 1.00 bits per heavy atom. The number of fused-ring (bicyclic) bond motifs is 1. The number of nitrogens with two attached hydrogens (primary N) is 1. The van der Waals surface area contributed by atoms with E-state index in [1.54, 1.807) is 36.4 Å². The minimum Gasteiger partial charge on any atom is -0.379 e. The number of carbonyl (C=O) groups is 1. The third-order valence-electron chi connectivity index (χ3n) is 4.90. The fraction of sp³-hybridized carbons (Fsp3) is 0.136. The van der Waals surface area contributed by atoms with Crippen LogP contribution in [0.15, 0.2) is 77.7 Å². The fourth-order valence-corrected chi connectivity index (χ4v) is 4.71. The average Bonchev–Trinajstić information content (AvgIpc) is 2.73. The van der Waals surface area contributed by atoms with Crippen molar-refractivity contribution >= 4 is 16.0 Å². The monoisotopic (exact) mass is 408 g/mol. The van der Waals surface area contributed by atoms with Gasteiger partial charge in [0.2, 0.25) is 5.91 Å². The molecule has 1 amide bonds. The van der Waals surface area contributed by atoms with E-state index in [0.29, 0.717) is 18.5 Å². The Bertz CT molecular complexity index is 1160. The van der Waals surface area contributed by atoms with E-state index in [-0.39, 0.29) is 10.6 Å². The van der Waals surface area contributed by atoms with Crippen LogP contribution in [0, 0.1) is 0 Å². The summed E-state index contributed by atoms with van der Waals surface area (Å²) in [6.07, 6.45) is 0.650. The van der Waals surface area contributed by atoms with Crippen molar-refractivity contribution in [3.63, 3.8) is 0 Å². The zero-order valence-electron chi connectivity index (χ0n) is 15.5. The molecule has 0 saturated carbocycles. The molecule has 3 aromatic rings. The summed E-state index contributed by atoms with van der Waals surface area (Å²) in [5, 5.41) is 3.06. The Kier molecular flexibility index (Phi) is 5.08. The van der Waals surface area contributed by atoms with Gasteiger partial charge in [0, 0.05) is 12.1 Å². The van der Waals surface area contributed by atoms with Gasteiger partial charge in [0.1, 0.15) is 16.7 Å². The van der Waals surface area contributed by atoms with E-state index in [0.717, 1.165) is 16.7 Å². The third-order valence-corrected chi connectivity index (χ3v) is 6.21. The molecule has 148 valence electrons. The summed E-state index contributed by atoms with van der Waals surface area (Å²) in [4.78, 5) is 11.7. The molecule has 0 spiro atoms. The van der Waals surface area contributed by atoms with Crippen molar-refractivity contribution in [1.29, 1.82) is 0 Å². The highest BCUT2D eigenvalue weighted by atomic mass is 32.2. The van der Waals surface area contributed by atoms with E-state index in [1.165, 1.54) is 6.07 Å². The molecule has 1 heterocycles. The topological polar surface area (TPSA) is 98.5 Å². The molecule has 29 heavy (non-hydrogen) atoms. The molecule has 6 nitrogen and oxygen atoms in total. The first-order chi connectivity index (χ1) is 14.0. The minimum absolute atomic E-state index is 0.0978. The van der Waals surface area contributed by atoms with Crippen molar-refractivity contribution in [3.8, 4) is 16.9 Å². The molecule has 1 aliphatic rings. The van der Waals surface area contributed by atoms with Crippen LogP contribution in [0.5, 0.6) is 5.75 Å². The standard InChI is InChI=1S/C22H20N2O4S/c23-22(25)21-19-11-10-17(14-16(19)12-13-24-21)28-29(26,27)20-9-5-4-8-18(20)15-6-2-1-3-7-15/h1-11,14,21,24H,12-13H2,(H2,23,25). The quantitative estimate of drug-likeness (QED) is 0.633. The van der Waals surface area contributed by atoms with E-state index >= 15 is 0 Å². The number of primary amides is 1. The van der Waals surface area contributed by atoms with Crippen LogP contribution < -0.4 is 15.2 Å². The molecule has 1 aliphatic heterocycles. The maximum Gasteiger partial charge on any atom is 0.339 e. The first kappa shape index (κ1) is 19.2. The van der Waals surface area contributed by atoms with Crippen LogP contribution in [-0.2, 0) is 21.3 Å². The van der Waals surface area contributed by atoms with Gasteiger partial charge in [0.15, 0.2) is 0 Å². The molecular weight excluding hydrogens is 388 g/mol. The van der Waals surface area contributed by atoms with E-state index < -0.39 is 22.1 Å². The zero-order chi connectivity index (χ0) is 20.4. The van der Waals surface area contributed by atoms with Crippen LogP contribution in [0.1, 0.15) is 17.2 Å². The summed E-state index contributed by atoms with van der Waals surface area (Å²) in [6, 6.07) is 20.3. The predicted octanol–water partition coefficient (Wildman–Crippen LogP) is 2.79. The Morgan fingerprint density at radius 3 is 2.48 bits per heavy atom. The number of hydrogen-bond acceptors (Lipinski definition) is 5. The number of rotatable bonds is 5. The highest BCUT2D eigenvalue weighted by molar-refractivity contribution is 7.87. The molecule has 0 aromatic heterocycles. The van der Waals surface area contributed by atoms with Gasteiger partial charge in [-0.15, -0.1) is 0 Å². The lowest BCUT2D eigenvalue weighted by Crippen LogP contribution is -2.38. The molecule has 1 unspecified atom stereocenters. The molecule has 3 N–H and O–H groups in total. The normalized spacial score (nSPS) is 16.1. The highest BCUT2D eigenvalue weighted by Crippen LogP contribution is 2.31. The second-order valence-corrected chi connectivity index (χ2v) is 8.31. The van der Waals surface area contributed by atoms with Crippen molar-refractivity contribution in [2.24, 2.45) is 5.73 Å². The van der Waals surface area contributed by atoms with Gasteiger partial charge in [-0.2, -0.15) is 8.42 Å². The Balaban J connectivity index is 1.68. The molecule has 4 rings (SSSR count). The van der Waals surface area contributed by atoms with Crippen molar-refractivity contribution in [1.82, 2.24) is 5.32 Å². The maximum atomic E-state index is 13.0. The number of amides is 1. The molecule has 3 aromatic carbocycles. The lowest BCUT2D eigenvalue weighted by Gasteiger charge is -2.25. The summed E-state index contributed by atoms with van der Waals surface area (Å²) < 4.78 is 31.5. The number of hydrogen-bond donors (Lipinski definition) is 2. The lowest BCUT2D eigenvalue weighted by molar-refractivity contribution is -0.120. The van der Waals surface area contributed by atoms with Gasteiger partial charge >= 0.3 is 10.1 Å². The highest BCUT2D eigenvalue weighted by Gasteiger charge is 2.26. The molecule has 0 saturated heterocycles. The van der Waals surface area contributed by atoms with Crippen molar-refractivity contribution in [2.45, 2.75) is 17.4 Å². The Labute approximate surface area is 169 Å². The number of carbonyl (C=O) groups excluding carboxylic acids is 1. The smallest absolute Gasteiger partial charge is 0.339 e. The SMILES string of the molecule is NC(=O)C1NCCc2cc(OS(=O)(=O)c3ccccc3-c3ccccc3)ccc21. The zero-order valence-corrected chi connectivity index (χ0v) is 16.4. The average molecular weight is 408 g/mol. The molecule has 7 heteroatoms. The molecule has 0 fully saturated rings. The van der Waals surface area contributed by atoms with Crippen LogP contribution in [0.2, 0.25) is 0 Å². The summed E-state index contributed by atoms with van der Waals surface area (Å²) in [6.45, 7) is 0.577. The van der Waals surface area contributed by atoms with E-state index in [9.17, 15) is 13.2 Å². The second-order valence-electron chi connectivity index (χ2n) is 6.80. The van der Waals surface area contributed by atoms with Crippen molar-refractivity contribution in [2.75, 3.05) is 6.54 Å². The number of nitrogens with one attached hydrogen (secondary N) is 1. The Hall–Kier alpha value is -3.16. The van der Waals surface area contributed by atoms with Crippen molar-refractivity contribution in [3.05, 3.63) is 83.9 Å². The van der Waals surface area contributed by atoms with E-state index in [2.05, 4.69) is 5.32 Å². The fourth-order valence-electron chi connectivity index (χ4n) is 3.56. The number of benzene rings is 3. The summed E-state index contributed by atoms with van der Waals surface area (Å²) in [7, 11) is -4.06. The second kappa shape index (κ2) is 7.69. The summed E-state index contributed by atoms with van der Waals surface area (Å²) >= 11 is 0. The van der Waals surface area contributed by atoms with Gasteiger partial charge < -0.3 is 15.2 Å². The van der Waals surface area contributed by atoms with Gasteiger partial charge in [-0.05, 0) is 41.3 Å². The summed E-state index contributed by atoms with van der Waals surface area (Å²) in [5.74, 6) is -0.263. The van der Waals surface area contributed by atoms with Crippen molar-refractivity contribution < 1.29 is 17.4 Å². The first-order valence-electron chi connectivity index (χ1n) is 9.20.